The standard InChI is InChI=1S/C20H21FN10O8P2S/c21-11-14-10(37-20(11)31-7-29-13-16(23)25-5-27-18(13)31)3-35-41(33,42)39-9-1-8(2-34-40(32)38-14)36-19(9)30-6-28-12-15(22)24-4-26-17(12)30/h4-11,14,19-20H,1-3H2,(H4-,22,23,24,25,26,27,33,42)/p+1/t8-,9+,10+,11+,14+,19+,20+,41?/m0/s1. The molecule has 0 amide bonds. The molecule has 3 fully saturated rings. The first-order valence-electron chi connectivity index (χ1n) is 12.4. The van der Waals surface area contributed by atoms with Crippen LogP contribution in [0.15, 0.2) is 25.3 Å². The van der Waals surface area contributed by atoms with Gasteiger partial charge in [0, 0.05) is 11.0 Å². The van der Waals surface area contributed by atoms with E-state index in [1.165, 1.54) is 29.9 Å². The average Bonchev–Trinajstić information content (AvgIpc) is 3.72. The molecule has 22 heteroatoms. The zero-order valence-electron chi connectivity index (χ0n) is 21.2. The van der Waals surface area contributed by atoms with Crippen molar-refractivity contribution in [3.05, 3.63) is 25.3 Å². The number of anilines is 2. The van der Waals surface area contributed by atoms with Gasteiger partial charge >= 0.3 is 15.0 Å². The third-order valence-electron chi connectivity index (χ3n) is 6.98. The van der Waals surface area contributed by atoms with Gasteiger partial charge in [0.05, 0.1) is 25.4 Å². The van der Waals surface area contributed by atoms with Crippen LogP contribution in [-0.2, 0) is 43.9 Å². The zero-order valence-corrected chi connectivity index (χ0v) is 23.8. The number of rotatable bonds is 2. The molecule has 18 nitrogen and oxygen atoms in total. The minimum Gasteiger partial charge on any atom is -0.382 e. The van der Waals surface area contributed by atoms with Crippen molar-refractivity contribution in [2.24, 2.45) is 0 Å². The molecule has 4 aromatic heterocycles. The number of aromatic nitrogens is 8. The highest BCUT2D eigenvalue weighted by atomic mass is 32.5. The molecule has 222 valence electrons. The summed E-state index contributed by atoms with van der Waals surface area (Å²) in [7, 11) is -2.85. The number of nitrogens with two attached hydrogens (primary N) is 2. The third kappa shape index (κ3) is 4.92. The number of nitrogen functional groups attached to an aromatic ring is 2. The predicted molar refractivity (Wildman–Crippen MR) is 143 cm³/mol. The second-order valence-corrected chi connectivity index (χ2v) is 13.3. The summed E-state index contributed by atoms with van der Waals surface area (Å²) in [6.07, 6.45) is -2.95. The van der Waals surface area contributed by atoms with Crippen LogP contribution in [0.3, 0.4) is 0 Å². The monoisotopic (exact) mass is 643 g/mol. The molecule has 0 radical (unpaired) electrons. The predicted octanol–water partition coefficient (Wildman–Crippen LogP) is 1.04. The first-order chi connectivity index (χ1) is 20.2. The molecule has 7 heterocycles. The molecule has 3 aliphatic heterocycles. The topological polar surface area (TPSA) is 232 Å². The van der Waals surface area contributed by atoms with Gasteiger partial charge in [0.15, 0.2) is 47.7 Å². The number of hydrogen-bond acceptors (Lipinski definition) is 16. The lowest BCUT2D eigenvalue weighted by Crippen LogP contribution is -2.33. The Labute approximate surface area is 240 Å². The number of ether oxygens (including phenoxy) is 2. The molecule has 3 saturated heterocycles. The Bertz CT molecular complexity index is 1730. The van der Waals surface area contributed by atoms with Gasteiger partial charge in [-0.1, -0.05) is 0 Å². The molecule has 0 spiro atoms. The van der Waals surface area contributed by atoms with E-state index in [-0.39, 0.29) is 35.8 Å². The van der Waals surface area contributed by atoms with E-state index in [1.54, 1.807) is 4.57 Å². The van der Waals surface area contributed by atoms with E-state index in [1.807, 2.05) is 0 Å². The lowest BCUT2D eigenvalue weighted by molar-refractivity contribution is -0.0579. The molecular weight excluding hydrogens is 621 g/mol. The Balaban J connectivity index is 1.16. The Kier molecular flexibility index (Phi) is 7.09. The Morgan fingerprint density at radius 2 is 1.60 bits per heavy atom. The SMILES string of the molecule is Nc1ncnc2c1ncn2[C@@H]1O[C@@H]2COP(O)(=S)O[C@@H]3C[C@@H](CO[P+](=O)O[C@H]2[C@H]1F)O[C@H]3n1cnc2c(N)ncnc21. The fourth-order valence-electron chi connectivity index (χ4n) is 5.10. The summed E-state index contributed by atoms with van der Waals surface area (Å²) < 4.78 is 65.9. The van der Waals surface area contributed by atoms with Crippen LogP contribution in [0.2, 0.25) is 0 Å². The molecule has 0 aliphatic carbocycles. The van der Waals surface area contributed by atoms with Gasteiger partial charge in [-0.3, -0.25) is 9.13 Å². The van der Waals surface area contributed by atoms with Gasteiger partial charge in [0.25, 0.3) is 0 Å². The molecule has 5 N–H and O–H groups in total. The lowest BCUT2D eigenvalue weighted by atomic mass is 10.1. The van der Waals surface area contributed by atoms with Crippen LogP contribution in [0.1, 0.15) is 18.9 Å². The summed E-state index contributed by atoms with van der Waals surface area (Å²) in [6, 6.07) is 0. The minimum atomic E-state index is -3.98. The van der Waals surface area contributed by atoms with Gasteiger partial charge in [0.2, 0.25) is 0 Å². The summed E-state index contributed by atoms with van der Waals surface area (Å²) in [5.74, 6) is 0.259. The van der Waals surface area contributed by atoms with Crippen molar-refractivity contribution in [2.45, 2.75) is 49.5 Å². The van der Waals surface area contributed by atoms with Crippen LogP contribution in [0, 0.1) is 0 Å². The fourth-order valence-corrected chi connectivity index (χ4v) is 7.34. The lowest BCUT2D eigenvalue weighted by Gasteiger charge is -2.25. The van der Waals surface area contributed by atoms with Crippen molar-refractivity contribution < 1.29 is 41.4 Å². The first-order valence-corrected chi connectivity index (χ1v) is 16.1. The van der Waals surface area contributed by atoms with Crippen molar-refractivity contribution in [1.82, 2.24) is 39.0 Å². The van der Waals surface area contributed by atoms with Crippen molar-refractivity contribution in [2.75, 3.05) is 24.7 Å². The van der Waals surface area contributed by atoms with E-state index < -0.39 is 64.6 Å². The number of halogens is 1. The Morgan fingerprint density at radius 1 is 0.952 bits per heavy atom. The molecule has 42 heavy (non-hydrogen) atoms. The number of imidazole rings is 2. The summed E-state index contributed by atoms with van der Waals surface area (Å²) >= 11 is 5.29. The summed E-state index contributed by atoms with van der Waals surface area (Å²) in [5.41, 5.74) is 12.9. The minimum absolute atomic E-state index is 0.0960. The van der Waals surface area contributed by atoms with Crippen molar-refractivity contribution in [3.8, 4) is 0 Å². The van der Waals surface area contributed by atoms with E-state index in [2.05, 4.69) is 29.9 Å². The molecule has 0 saturated carbocycles. The second-order valence-electron chi connectivity index (χ2n) is 9.56. The van der Waals surface area contributed by atoms with Gasteiger partial charge in [0.1, 0.15) is 42.5 Å². The average molecular weight is 643 g/mol. The van der Waals surface area contributed by atoms with Gasteiger partial charge < -0.3 is 34.9 Å². The smallest absolute Gasteiger partial charge is 0.382 e. The molecule has 2 unspecified atom stereocenters. The maximum atomic E-state index is 15.8. The van der Waals surface area contributed by atoms with Crippen molar-refractivity contribution in [1.29, 1.82) is 0 Å². The molecule has 9 atom stereocenters. The van der Waals surface area contributed by atoms with E-state index in [0.717, 1.165) is 0 Å². The highest BCUT2D eigenvalue weighted by Gasteiger charge is 2.53. The van der Waals surface area contributed by atoms with Crippen molar-refractivity contribution >= 4 is 60.7 Å². The van der Waals surface area contributed by atoms with Gasteiger partial charge in [-0.15, -0.1) is 9.05 Å². The molecule has 4 aromatic rings. The fraction of sp³-hybridized carbons (Fsp3) is 0.500. The van der Waals surface area contributed by atoms with Crippen LogP contribution in [0.4, 0.5) is 16.0 Å². The van der Waals surface area contributed by atoms with E-state index in [4.69, 9.17) is 50.8 Å². The molecule has 3 aliphatic rings. The van der Waals surface area contributed by atoms with Crippen LogP contribution in [0.25, 0.3) is 22.3 Å². The van der Waals surface area contributed by atoms with Gasteiger partial charge in [-0.05, 0) is 11.8 Å². The maximum Gasteiger partial charge on any atom is 0.697 e. The molecular formula is C20H22FN10O8P2S+. The van der Waals surface area contributed by atoms with E-state index in [9.17, 15) is 9.46 Å². The summed E-state index contributed by atoms with van der Waals surface area (Å²) in [5, 5.41) is 0. The van der Waals surface area contributed by atoms with Crippen LogP contribution < -0.4 is 11.5 Å². The largest absolute Gasteiger partial charge is 0.697 e. The quantitative estimate of drug-likeness (QED) is 0.259. The number of nitrogens with zero attached hydrogens (tertiary/aromatic N) is 8. The maximum absolute atomic E-state index is 15.8. The van der Waals surface area contributed by atoms with E-state index in [0.29, 0.717) is 11.2 Å². The number of hydrogen-bond donors (Lipinski definition) is 3. The Morgan fingerprint density at radius 3 is 2.26 bits per heavy atom. The highest BCUT2D eigenvalue weighted by molar-refractivity contribution is 8.07. The van der Waals surface area contributed by atoms with Crippen LogP contribution >= 0.6 is 15.0 Å². The number of alkyl halides is 1. The Hall–Kier alpha value is -2.90. The van der Waals surface area contributed by atoms with Crippen LogP contribution in [-0.4, -0.2) is 87.7 Å². The molecule has 2 bridgehead atoms. The van der Waals surface area contributed by atoms with E-state index >= 15 is 4.39 Å². The van der Waals surface area contributed by atoms with Gasteiger partial charge in [-0.25, -0.2) is 34.3 Å². The summed E-state index contributed by atoms with van der Waals surface area (Å²) in [4.78, 5) is 35.5. The zero-order chi connectivity index (χ0) is 29.2. The normalized spacial score (nSPS) is 35.1. The number of fused-ring (bicyclic) bond motifs is 5. The highest BCUT2D eigenvalue weighted by Crippen LogP contribution is 2.51. The van der Waals surface area contributed by atoms with Gasteiger partial charge in [-0.2, -0.15) is 0 Å². The van der Waals surface area contributed by atoms with Crippen molar-refractivity contribution in [3.63, 3.8) is 0 Å². The second kappa shape index (κ2) is 10.7. The summed E-state index contributed by atoms with van der Waals surface area (Å²) in [6.45, 7) is -4.67. The third-order valence-corrected chi connectivity index (χ3v) is 9.34. The first kappa shape index (κ1) is 27.9. The molecule has 0 aromatic carbocycles. The molecule has 7 rings (SSSR count). The van der Waals surface area contributed by atoms with Crippen LogP contribution in [0.5, 0.6) is 0 Å².